The largest absolute Gasteiger partial charge is 0.435 e. The van der Waals surface area contributed by atoms with E-state index in [-0.39, 0.29) is 23.5 Å². The molecule has 6 heteroatoms. The number of alkyl halides is 2. The van der Waals surface area contributed by atoms with Crippen molar-refractivity contribution in [3.63, 3.8) is 0 Å². The van der Waals surface area contributed by atoms with Gasteiger partial charge in [-0.2, -0.15) is 8.78 Å². The van der Waals surface area contributed by atoms with Gasteiger partial charge in [-0.3, -0.25) is 4.79 Å². The maximum absolute atomic E-state index is 13.2. The van der Waals surface area contributed by atoms with Gasteiger partial charge in [0.1, 0.15) is 11.6 Å². The first-order valence-corrected chi connectivity index (χ1v) is 8.92. The first-order chi connectivity index (χ1) is 12.8. The summed E-state index contributed by atoms with van der Waals surface area (Å²) in [6.45, 7) is 0.719. The number of benzene rings is 2. The van der Waals surface area contributed by atoms with E-state index in [0.717, 1.165) is 36.0 Å². The lowest BCUT2D eigenvalue weighted by molar-refractivity contribution is -0.126. The Morgan fingerprint density at radius 1 is 1.19 bits per heavy atom. The van der Waals surface area contributed by atoms with Gasteiger partial charge in [0.25, 0.3) is 0 Å². The van der Waals surface area contributed by atoms with Crippen LogP contribution in [0.3, 0.4) is 0 Å². The summed E-state index contributed by atoms with van der Waals surface area (Å²) in [6, 6.07) is 10.6. The van der Waals surface area contributed by atoms with Crippen LogP contribution < -0.4 is 10.1 Å². The molecule has 1 unspecified atom stereocenters. The Morgan fingerprint density at radius 3 is 2.56 bits per heavy atom. The van der Waals surface area contributed by atoms with Crippen LogP contribution in [-0.4, -0.2) is 12.5 Å². The molecule has 1 aliphatic rings. The lowest BCUT2D eigenvalue weighted by atomic mass is 9.82. The zero-order valence-corrected chi connectivity index (χ0v) is 15.3. The normalized spacial score (nSPS) is 16.7. The zero-order chi connectivity index (χ0) is 19.6. The Labute approximate surface area is 156 Å². The van der Waals surface area contributed by atoms with E-state index in [1.807, 2.05) is 0 Å². The third-order valence-electron chi connectivity index (χ3n) is 5.09. The molecule has 2 aromatic rings. The van der Waals surface area contributed by atoms with Crippen molar-refractivity contribution in [1.82, 2.24) is 5.32 Å². The van der Waals surface area contributed by atoms with Crippen molar-refractivity contribution in [3.8, 4) is 5.75 Å². The molecule has 0 heterocycles. The fourth-order valence-electron chi connectivity index (χ4n) is 3.45. The third kappa shape index (κ3) is 4.26. The van der Waals surface area contributed by atoms with Gasteiger partial charge in [-0.15, -0.1) is 0 Å². The molecule has 1 amide bonds. The number of hydrogen-bond acceptors (Lipinski definition) is 2. The number of rotatable bonds is 5. The Hall–Kier alpha value is -2.50. The minimum absolute atomic E-state index is 0.127. The monoisotopic (exact) mass is 377 g/mol. The Bertz CT molecular complexity index is 819. The summed E-state index contributed by atoms with van der Waals surface area (Å²) in [5, 5.41) is 3.07. The summed E-state index contributed by atoms with van der Waals surface area (Å²) in [5.41, 5.74) is 1.72. The van der Waals surface area contributed by atoms with Crippen LogP contribution in [0.25, 0.3) is 0 Å². The van der Waals surface area contributed by atoms with Gasteiger partial charge in [0.05, 0.1) is 11.5 Å². The molecule has 0 saturated heterocycles. The van der Waals surface area contributed by atoms with Crippen LogP contribution in [0.2, 0.25) is 0 Å². The molecule has 0 spiro atoms. The lowest BCUT2D eigenvalue weighted by Gasteiger charge is -2.31. The zero-order valence-electron chi connectivity index (χ0n) is 15.3. The standard InChI is InChI=1S/C21H22F3NO2/c1-21(2,14-6-8-15(22)9-7-14)19(26)25-18-5-3-4-13-12-16(27-20(23)24)10-11-17(13)18/h6-12,18,20H,3-5H2,1-2H3,(H,25,26). The van der Waals surface area contributed by atoms with Gasteiger partial charge in [0, 0.05) is 0 Å². The van der Waals surface area contributed by atoms with Gasteiger partial charge >= 0.3 is 6.61 Å². The second kappa shape index (κ2) is 7.62. The molecule has 3 nitrogen and oxygen atoms in total. The fourth-order valence-corrected chi connectivity index (χ4v) is 3.45. The van der Waals surface area contributed by atoms with Crippen LogP contribution in [0.4, 0.5) is 13.2 Å². The van der Waals surface area contributed by atoms with E-state index in [1.54, 1.807) is 38.1 Å². The maximum Gasteiger partial charge on any atom is 0.387 e. The van der Waals surface area contributed by atoms with Gasteiger partial charge in [0.2, 0.25) is 5.91 Å². The molecule has 1 N–H and O–H groups in total. The second-order valence-electron chi connectivity index (χ2n) is 7.29. The molecule has 1 atom stereocenters. The second-order valence-corrected chi connectivity index (χ2v) is 7.29. The van der Waals surface area contributed by atoms with Gasteiger partial charge in [-0.05, 0) is 74.1 Å². The van der Waals surface area contributed by atoms with E-state index >= 15 is 0 Å². The first-order valence-electron chi connectivity index (χ1n) is 8.92. The van der Waals surface area contributed by atoms with Crippen LogP contribution in [0.1, 0.15) is 49.4 Å². The van der Waals surface area contributed by atoms with Gasteiger partial charge in [-0.25, -0.2) is 4.39 Å². The van der Waals surface area contributed by atoms with Crippen molar-refractivity contribution in [2.75, 3.05) is 0 Å². The van der Waals surface area contributed by atoms with E-state index < -0.39 is 12.0 Å². The molecule has 0 saturated carbocycles. The van der Waals surface area contributed by atoms with E-state index in [9.17, 15) is 18.0 Å². The smallest absolute Gasteiger partial charge is 0.387 e. The molecule has 1 aliphatic carbocycles. The summed E-state index contributed by atoms with van der Waals surface area (Å²) >= 11 is 0. The van der Waals surface area contributed by atoms with Crippen molar-refractivity contribution in [1.29, 1.82) is 0 Å². The predicted octanol–water partition coefficient (Wildman–Crippen LogP) is 4.90. The molecular weight excluding hydrogens is 355 g/mol. The number of hydrogen-bond donors (Lipinski definition) is 1. The van der Waals surface area contributed by atoms with Crippen LogP contribution in [0.15, 0.2) is 42.5 Å². The number of nitrogens with one attached hydrogen (secondary N) is 1. The van der Waals surface area contributed by atoms with Crippen molar-refractivity contribution in [2.45, 2.75) is 51.2 Å². The van der Waals surface area contributed by atoms with Gasteiger partial charge in [0.15, 0.2) is 0 Å². The highest BCUT2D eigenvalue weighted by Gasteiger charge is 2.32. The van der Waals surface area contributed by atoms with E-state index in [2.05, 4.69) is 10.1 Å². The summed E-state index contributed by atoms with van der Waals surface area (Å²) < 4.78 is 42.5. The molecule has 144 valence electrons. The van der Waals surface area contributed by atoms with Crippen LogP contribution in [-0.2, 0) is 16.6 Å². The summed E-state index contributed by atoms with van der Waals surface area (Å²) in [6.07, 6.45) is 2.36. The Balaban J connectivity index is 1.78. The lowest BCUT2D eigenvalue weighted by Crippen LogP contribution is -2.42. The number of halogens is 3. The molecule has 0 aliphatic heterocycles. The number of ether oxygens (including phenoxy) is 1. The number of carbonyl (C=O) groups excluding carboxylic acids is 1. The van der Waals surface area contributed by atoms with E-state index in [4.69, 9.17) is 0 Å². The van der Waals surface area contributed by atoms with Crippen molar-refractivity contribution in [3.05, 3.63) is 65.0 Å². The molecule has 0 bridgehead atoms. The van der Waals surface area contributed by atoms with Crippen LogP contribution in [0.5, 0.6) is 5.75 Å². The minimum atomic E-state index is -2.86. The number of carbonyl (C=O) groups is 1. The van der Waals surface area contributed by atoms with Gasteiger partial charge in [-0.1, -0.05) is 18.2 Å². The van der Waals surface area contributed by atoms with Gasteiger partial charge < -0.3 is 10.1 Å². The first kappa shape index (κ1) is 19.3. The molecule has 0 radical (unpaired) electrons. The summed E-state index contributed by atoms with van der Waals surface area (Å²) in [5.74, 6) is -0.389. The molecule has 3 rings (SSSR count). The summed E-state index contributed by atoms with van der Waals surface area (Å²) in [4.78, 5) is 12.9. The molecule has 0 fully saturated rings. The third-order valence-corrected chi connectivity index (χ3v) is 5.09. The number of amides is 1. The number of fused-ring (bicyclic) bond motifs is 1. The van der Waals surface area contributed by atoms with Crippen molar-refractivity contribution < 1.29 is 22.7 Å². The van der Waals surface area contributed by atoms with Crippen molar-refractivity contribution in [2.24, 2.45) is 0 Å². The highest BCUT2D eigenvalue weighted by Crippen LogP contribution is 2.34. The fraction of sp³-hybridized carbons (Fsp3) is 0.381. The molecule has 27 heavy (non-hydrogen) atoms. The Kier molecular flexibility index (Phi) is 5.44. The Morgan fingerprint density at radius 2 is 1.89 bits per heavy atom. The van der Waals surface area contributed by atoms with Crippen LogP contribution in [0, 0.1) is 5.82 Å². The maximum atomic E-state index is 13.2. The highest BCUT2D eigenvalue weighted by molar-refractivity contribution is 5.87. The average molecular weight is 377 g/mol. The highest BCUT2D eigenvalue weighted by atomic mass is 19.3. The van der Waals surface area contributed by atoms with Crippen LogP contribution >= 0.6 is 0 Å². The molecule has 2 aromatic carbocycles. The quantitative estimate of drug-likeness (QED) is 0.805. The van der Waals surface area contributed by atoms with E-state index in [0.29, 0.717) is 0 Å². The van der Waals surface area contributed by atoms with Crippen molar-refractivity contribution >= 4 is 5.91 Å². The topological polar surface area (TPSA) is 38.3 Å². The molecular formula is C21H22F3NO2. The minimum Gasteiger partial charge on any atom is -0.435 e. The average Bonchev–Trinajstić information content (AvgIpc) is 2.61. The SMILES string of the molecule is CC(C)(C(=O)NC1CCCc2cc(OC(F)F)ccc21)c1ccc(F)cc1. The number of aryl methyl sites for hydroxylation is 1. The summed E-state index contributed by atoms with van der Waals surface area (Å²) in [7, 11) is 0. The predicted molar refractivity (Wildman–Crippen MR) is 96.3 cm³/mol. The van der Waals surface area contributed by atoms with E-state index in [1.165, 1.54) is 18.2 Å². The molecule has 0 aromatic heterocycles.